The number of nitro benzene ring substituents is 1. The maximum absolute atomic E-state index is 12.3. The zero-order chi connectivity index (χ0) is 19.7. The Kier molecular flexibility index (Phi) is 6.36. The minimum Gasteiger partial charge on any atom is -0.465 e. The highest BCUT2D eigenvalue weighted by atomic mass is 35.6. The second kappa shape index (κ2) is 7.83. The van der Waals surface area contributed by atoms with Gasteiger partial charge in [0, 0.05) is 12.1 Å². The van der Waals surface area contributed by atoms with E-state index in [0.29, 0.717) is 4.31 Å². The Balaban J connectivity index is 2.32. The quantitative estimate of drug-likeness (QED) is 0.207. The van der Waals surface area contributed by atoms with Crippen LogP contribution in [0.5, 0.6) is 0 Å². The standard InChI is InChI=1S/C13H13Cl3N2O7S/c1-2-24-12(19)11-10(8-4-3-5-9(6-8)18(20)21)17(11)26(22,23)25-7-13(14,15)16/h3-6,10-11H,2,7H2,1H3. The molecule has 26 heavy (non-hydrogen) atoms. The predicted octanol–water partition coefficient (Wildman–Crippen LogP) is 2.51. The molecule has 3 atom stereocenters. The molecule has 0 bridgehead atoms. The van der Waals surface area contributed by atoms with Crippen LogP contribution >= 0.6 is 34.8 Å². The van der Waals surface area contributed by atoms with Crippen LogP contribution in [-0.4, -0.2) is 46.7 Å². The summed E-state index contributed by atoms with van der Waals surface area (Å²) < 4.78 is 32.9. The Morgan fingerprint density at radius 3 is 2.58 bits per heavy atom. The molecule has 1 aliphatic heterocycles. The fourth-order valence-corrected chi connectivity index (χ4v) is 4.05. The van der Waals surface area contributed by atoms with E-state index >= 15 is 0 Å². The summed E-state index contributed by atoms with van der Waals surface area (Å²) in [6, 6.07) is 2.99. The van der Waals surface area contributed by atoms with Crippen LogP contribution in [0.3, 0.4) is 0 Å². The molecule has 1 heterocycles. The van der Waals surface area contributed by atoms with Gasteiger partial charge in [-0.25, -0.2) is 0 Å². The van der Waals surface area contributed by atoms with Crippen molar-refractivity contribution in [3.8, 4) is 0 Å². The van der Waals surface area contributed by atoms with Gasteiger partial charge in [0.25, 0.3) is 5.69 Å². The van der Waals surface area contributed by atoms with Crippen molar-refractivity contribution in [2.24, 2.45) is 0 Å². The van der Waals surface area contributed by atoms with Crippen molar-refractivity contribution in [1.82, 2.24) is 4.31 Å². The Labute approximate surface area is 164 Å². The third-order valence-corrected chi connectivity index (χ3v) is 5.05. The van der Waals surface area contributed by atoms with Gasteiger partial charge in [-0.3, -0.25) is 19.1 Å². The largest absolute Gasteiger partial charge is 0.465 e. The number of alkyl halides is 3. The van der Waals surface area contributed by atoms with Gasteiger partial charge in [0.15, 0.2) is 0 Å². The van der Waals surface area contributed by atoms with Gasteiger partial charge >= 0.3 is 16.3 Å². The molecule has 0 saturated carbocycles. The van der Waals surface area contributed by atoms with E-state index in [2.05, 4.69) is 4.18 Å². The number of esters is 1. The van der Waals surface area contributed by atoms with E-state index in [4.69, 9.17) is 39.5 Å². The summed E-state index contributed by atoms with van der Waals surface area (Å²) in [4.78, 5) is 22.4. The van der Waals surface area contributed by atoms with E-state index in [1.165, 1.54) is 24.3 Å². The number of ether oxygens (including phenoxy) is 1. The van der Waals surface area contributed by atoms with Gasteiger partial charge in [0.2, 0.25) is 3.79 Å². The fraction of sp³-hybridized carbons (Fsp3) is 0.462. The van der Waals surface area contributed by atoms with Crippen LogP contribution < -0.4 is 0 Å². The summed E-state index contributed by atoms with van der Waals surface area (Å²) in [7, 11) is -4.45. The van der Waals surface area contributed by atoms with Crippen LogP contribution in [0.25, 0.3) is 0 Å². The van der Waals surface area contributed by atoms with Crippen LogP contribution in [0.4, 0.5) is 5.69 Å². The molecule has 0 aliphatic carbocycles. The highest BCUT2D eigenvalue weighted by molar-refractivity contribution is 7.84. The molecule has 9 nitrogen and oxygen atoms in total. The van der Waals surface area contributed by atoms with Gasteiger partial charge in [0.05, 0.1) is 17.6 Å². The fourth-order valence-electron chi connectivity index (χ4n) is 2.30. The maximum Gasteiger partial charge on any atom is 0.340 e. The molecule has 1 aromatic carbocycles. The van der Waals surface area contributed by atoms with Crippen LogP contribution in [0.15, 0.2) is 24.3 Å². The molecular formula is C13H13Cl3N2O7S. The van der Waals surface area contributed by atoms with Gasteiger partial charge in [-0.15, -0.1) is 0 Å². The average molecular weight is 448 g/mol. The summed E-state index contributed by atoms with van der Waals surface area (Å²) >= 11 is 16.4. The first-order valence-corrected chi connectivity index (χ1v) is 9.63. The van der Waals surface area contributed by atoms with Crippen molar-refractivity contribution in [2.45, 2.75) is 22.8 Å². The number of carbonyl (C=O) groups excluding carboxylic acids is 1. The molecule has 2 rings (SSSR count). The molecule has 0 radical (unpaired) electrons. The van der Waals surface area contributed by atoms with Crippen LogP contribution in [0.2, 0.25) is 0 Å². The first-order chi connectivity index (χ1) is 12.0. The Hall–Kier alpha value is -1.17. The molecule has 1 aliphatic rings. The minimum absolute atomic E-state index is 0.0277. The second-order valence-electron chi connectivity index (χ2n) is 5.16. The number of hydrogen-bond donors (Lipinski definition) is 0. The summed E-state index contributed by atoms with van der Waals surface area (Å²) in [6.45, 7) is 0.814. The van der Waals surface area contributed by atoms with Gasteiger partial charge in [-0.1, -0.05) is 46.9 Å². The first-order valence-electron chi connectivity index (χ1n) is 7.13. The van der Waals surface area contributed by atoms with E-state index in [9.17, 15) is 23.3 Å². The van der Waals surface area contributed by atoms with Crippen molar-refractivity contribution >= 4 is 56.8 Å². The topological polar surface area (TPSA) is 116 Å². The second-order valence-corrected chi connectivity index (χ2v) is 9.19. The smallest absolute Gasteiger partial charge is 0.340 e. The van der Waals surface area contributed by atoms with Crippen LogP contribution in [-0.2, 0) is 24.0 Å². The summed E-state index contributed by atoms with van der Waals surface area (Å²) in [5.74, 6) is -0.815. The molecular weight excluding hydrogens is 435 g/mol. The van der Waals surface area contributed by atoms with E-state index < -0.39 is 43.7 Å². The number of rotatable bonds is 7. The average Bonchev–Trinajstić information content (AvgIpc) is 3.29. The minimum atomic E-state index is -4.45. The van der Waals surface area contributed by atoms with E-state index in [0.717, 1.165) is 0 Å². The van der Waals surface area contributed by atoms with Crippen LogP contribution in [0, 0.1) is 10.1 Å². The Morgan fingerprint density at radius 1 is 1.38 bits per heavy atom. The number of hydrogen-bond acceptors (Lipinski definition) is 7. The third kappa shape index (κ3) is 4.96. The molecule has 0 spiro atoms. The summed E-state index contributed by atoms with van der Waals surface area (Å²) in [5.41, 5.74) is -0.0186. The van der Waals surface area contributed by atoms with Gasteiger partial charge in [-0.05, 0) is 12.5 Å². The normalized spacial score (nSPS) is 22.7. The maximum atomic E-state index is 12.3. The summed E-state index contributed by atoms with van der Waals surface area (Å²) in [5, 5.41) is 10.9. The predicted molar refractivity (Wildman–Crippen MR) is 93.3 cm³/mol. The van der Waals surface area contributed by atoms with E-state index in [1.54, 1.807) is 6.92 Å². The highest BCUT2D eigenvalue weighted by Crippen LogP contribution is 2.47. The van der Waals surface area contributed by atoms with E-state index in [-0.39, 0.29) is 17.9 Å². The number of nitro groups is 1. The zero-order valence-corrected chi connectivity index (χ0v) is 16.3. The molecule has 3 unspecified atom stereocenters. The molecule has 0 N–H and O–H groups in total. The summed E-state index contributed by atoms with van der Waals surface area (Å²) in [6.07, 6.45) is 0. The lowest BCUT2D eigenvalue weighted by Crippen LogP contribution is -2.26. The molecule has 1 saturated heterocycles. The van der Waals surface area contributed by atoms with Crippen LogP contribution in [0.1, 0.15) is 18.5 Å². The Morgan fingerprint density at radius 2 is 2.04 bits per heavy atom. The lowest BCUT2D eigenvalue weighted by atomic mass is 10.1. The zero-order valence-electron chi connectivity index (χ0n) is 13.2. The lowest BCUT2D eigenvalue weighted by molar-refractivity contribution is -0.384. The van der Waals surface area contributed by atoms with Crippen molar-refractivity contribution < 1.29 is 27.1 Å². The van der Waals surface area contributed by atoms with Crippen molar-refractivity contribution in [1.29, 1.82) is 0 Å². The number of carbonyl (C=O) groups is 1. The highest BCUT2D eigenvalue weighted by Gasteiger charge is 2.62. The molecule has 144 valence electrons. The monoisotopic (exact) mass is 446 g/mol. The molecule has 0 amide bonds. The molecule has 1 aromatic rings. The number of non-ortho nitro benzene ring substituents is 1. The van der Waals surface area contributed by atoms with Crippen molar-refractivity contribution in [3.63, 3.8) is 0 Å². The van der Waals surface area contributed by atoms with E-state index in [1.807, 2.05) is 0 Å². The van der Waals surface area contributed by atoms with Gasteiger partial charge in [-0.2, -0.15) is 12.7 Å². The first kappa shape index (κ1) is 21.1. The molecule has 0 aromatic heterocycles. The number of benzene rings is 1. The van der Waals surface area contributed by atoms with Gasteiger partial charge < -0.3 is 4.74 Å². The molecule has 1 fully saturated rings. The number of halogens is 3. The number of nitrogens with zero attached hydrogens (tertiary/aromatic N) is 2. The lowest BCUT2D eigenvalue weighted by Gasteiger charge is -2.12. The third-order valence-electron chi connectivity index (χ3n) is 3.34. The van der Waals surface area contributed by atoms with Crippen molar-refractivity contribution in [2.75, 3.05) is 13.2 Å². The Bertz CT molecular complexity index is 812. The molecule has 13 heteroatoms. The van der Waals surface area contributed by atoms with Crippen molar-refractivity contribution in [3.05, 3.63) is 39.9 Å². The van der Waals surface area contributed by atoms with Gasteiger partial charge in [0.1, 0.15) is 12.6 Å². The SMILES string of the molecule is CCOC(=O)C1C(c2cccc([N+](=O)[O-])c2)N1S(=O)(=O)OCC(Cl)(Cl)Cl.